The highest BCUT2D eigenvalue weighted by Crippen LogP contribution is 2.29. The number of nitro benzene ring substituents is 1. The van der Waals surface area contributed by atoms with E-state index in [4.69, 9.17) is 5.41 Å². The number of aromatic amines is 1. The van der Waals surface area contributed by atoms with Crippen LogP contribution in [0.3, 0.4) is 0 Å². The van der Waals surface area contributed by atoms with Crippen LogP contribution in [0, 0.1) is 15.5 Å². The van der Waals surface area contributed by atoms with Gasteiger partial charge in [0.05, 0.1) is 16.2 Å². The maximum atomic E-state index is 10.8. The average molecular weight is 281 g/mol. The van der Waals surface area contributed by atoms with Gasteiger partial charge in [-0.2, -0.15) is 0 Å². The molecule has 3 aromatic rings. The van der Waals surface area contributed by atoms with E-state index < -0.39 is 4.92 Å². The summed E-state index contributed by atoms with van der Waals surface area (Å²) in [6.07, 6.45) is 0. The molecule has 0 aliphatic heterocycles. The maximum Gasteiger partial charge on any atom is 0.270 e. The molecular weight excluding hydrogens is 270 g/mol. The molecule has 0 amide bonds. The SMILES string of the molecule is N=C(c1cccc([N+](=O)[O-])c1)c1c(O)[nH]c2ccccc12. The second kappa shape index (κ2) is 4.75. The van der Waals surface area contributed by atoms with Crippen LogP contribution in [0.15, 0.2) is 48.5 Å². The Morgan fingerprint density at radius 1 is 1.19 bits per heavy atom. The zero-order valence-electron chi connectivity index (χ0n) is 10.8. The van der Waals surface area contributed by atoms with Gasteiger partial charge < -0.3 is 10.1 Å². The van der Waals surface area contributed by atoms with Gasteiger partial charge in [0, 0.05) is 28.6 Å². The maximum absolute atomic E-state index is 10.8. The highest BCUT2D eigenvalue weighted by Gasteiger charge is 2.18. The van der Waals surface area contributed by atoms with E-state index in [0.29, 0.717) is 22.0 Å². The van der Waals surface area contributed by atoms with Crippen molar-refractivity contribution in [2.75, 3.05) is 0 Å². The van der Waals surface area contributed by atoms with Crippen molar-refractivity contribution in [3.05, 3.63) is 69.8 Å². The van der Waals surface area contributed by atoms with Crippen LogP contribution >= 0.6 is 0 Å². The van der Waals surface area contributed by atoms with Gasteiger partial charge in [-0.25, -0.2) is 0 Å². The Labute approximate surface area is 119 Å². The smallest absolute Gasteiger partial charge is 0.270 e. The summed E-state index contributed by atoms with van der Waals surface area (Å²) in [5, 5.41) is 29.8. The summed E-state index contributed by atoms with van der Waals surface area (Å²) in [5.41, 5.74) is 1.38. The highest BCUT2D eigenvalue weighted by molar-refractivity contribution is 6.19. The number of para-hydroxylation sites is 1. The number of rotatable bonds is 3. The van der Waals surface area contributed by atoms with Crippen LogP contribution in [0.4, 0.5) is 5.69 Å². The molecule has 3 rings (SSSR count). The molecule has 0 atom stereocenters. The van der Waals surface area contributed by atoms with Gasteiger partial charge in [0.1, 0.15) is 0 Å². The topological polar surface area (TPSA) is 103 Å². The zero-order chi connectivity index (χ0) is 15.0. The van der Waals surface area contributed by atoms with Crippen molar-refractivity contribution in [1.29, 1.82) is 5.41 Å². The first-order valence-electron chi connectivity index (χ1n) is 6.21. The van der Waals surface area contributed by atoms with Crippen LogP contribution in [0.1, 0.15) is 11.1 Å². The summed E-state index contributed by atoms with van der Waals surface area (Å²) in [4.78, 5) is 13.1. The normalized spacial score (nSPS) is 10.7. The van der Waals surface area contributed by atoms with Crippen molar-refractivity contribution in [2.24, 2.45) is 0 Å². The lowest BCUT2D eigenvalue weighted by Gasteiger charge is -2.04. The number of aromatic hydroxyl groups is 1. The molecule has 104 valence electrons. The molecule has 0 fully saturated rings. The molecule has 6 nitrogen and oxygen atoms in total. The molecule has 0 aliphatic carbocycles. The van der Waals surface area contributed by atoms with Gasteiger partial charge in [-0.15, -0.1) is 0 Å². The van der Waals surface area contributed by atoms with Crippen LogP contribution in [-0.2, 0) is 0 Å². The van der Waals surface area contributed by atoms with Crippen molar-refractivity contribution in [2.45, 2.75) is 0 Å². The minimum atomic E-state index is -0.508. The predicted octanol–water partition coefficient (Wildman–Crippen LogP) is 3.20. The molecule has 3 N–H and O–H groups in total. The fourth-order valence-electron chi connectivity index (χ4n) is 2.30. The molecule has 1 aromatic heterocycles. The summed E-state index contributed by atoms with van der Waals surface area (Å²) < 4.78 is 0. The van der Waals surface area contributed by atoms with E-state index >= 15 is 0 Å². The fourth-order valence-corrected chi connectivity index (χ4v) is 2.30. The van der Waals surface area contributed by atoms with Gasteiger partial charge in [-0.3, -0.25) is 15.5 Å². The number of fused-ring (bicyclic) bond motifs is 1. The van der Waals surface area contributed by atoms with Crippen molar-refractivity contribution in [3.8, 4) is 5.88 Å². The zero-order valence-corrected chi connectivity index (χ0v) is 10.8. The van der Waals surface area contributed by atoms with E-state index in [2.05, 4.69) is 4.98 Å². The third kappa shape index (κ3) is 2.12. The highest BCUT2D eigenvalue weighted by atomic mass is 16.6. The molecule has 2 aromatic carbocycles. The van der Waals surface area contributed by atoms with E-state index in [1.165, 1.54) is 18.2 Å². The summed E-state index contributed by atoms with van der Waals surface area (Å²) in [6.45, 7) is 0. The van der Waals surface area contributed by atoms with Crippen molar-refractivity contribution in [1.82, 2.24) is 4.98 Å². The Hall–Kier alpha value is -3.15. The van der Waals surface area contributed by atoms with Crippen molar-refractivity contribution < 1.29 is 10.0 Å². The van der Waals surface area contributed by atoms with Gasteiger partial charge in [-0.1, -0.05) is 30.3 Å². The van der Waals surface area contributed by atoms with Crippen LogP contribution in [0.2, 0.25) is 0 Å². The number of benzene rings is 2. The van der Waals surface area contributed by atoms with Crippen LogP contribution in [-0.4, -0.2) is 20.7 Å². The lowest BCUT2D eigenvalue weighted by atomic mass is 10.0. The molecule has 0 radical (unpaired) electrons. The Bertz CT molecular complexity index is 867. The quantitative estimate of drug-likeness (QED) is 0.390. The molecule has 6 heteroatoms. The number of H-pyrrole nitrogens is 1. The first kappa shape index (κ1) is 12.9. The third-order valence-corrected chi connectivity index (χ3v) is 3.28. The molecule has 0 spiro atoms. The van der Waals surface area contributed by atoms with E-state index in [9.17, 15) is 15.2 Å². The van der Waals surface area contributed by atoms with Crippen molar-refractivity contribution in [3.63, 3.8) is 0 Å². The predicted molar refractivity (Wildman–Crippen MR) is 79.0 cm³/mol. The molecule has 0 unspecified atom stereocenters. The number of nitro groups is 1. The van der Waals surface area contributed by atoms with E-state index in [1.807, 2.05) is 6.07 Å². The summed E-state index contributed by atoms with van der Waals surface area (Å²) in [5.74, 6) is -0.118. The van der Waals surface area contributed by atoms with Crippen molar-refractivity contribution >= 4 is 22.3 Å². The first-order chi connectivity index (χ1) is 10.1. The van der Waals surface area contributed by atoms with Crippen LogP contribution < -0.4 is 0 Å². The minimum Gasteiger partial charge on any atom is -0.494 e. The van der Waals surface area contributed by atoms with E-state index in [0.717, 1.165) is 0 Å². The number of aromatic nitrogens is 1. The lowest BCUT2D eigenvalue weighted by Crippen LogP contribution is -2.02. The number of nitrogens with zero attached hydrogens (tertiary/aromatic N) is 1. The lowest BCUT2D eigenvalue weighted by molar-refractivity contribution is -0.384. The van der Waals surface area contributed by atoms with Crippen LogP contribution in [0.5, 0.6) is 5.88 Å². The standard InChI is InChI=1S/C15H11N3O3/c16-14(9-4-3-5-10(8-9)18(20)21)13-11-6-1-2-7-12(11)17-15(13)19/h1-8,16-17,19H. The van der Waals surface area contributed by atoms with Gasteiger partial charge in [-0.05, 0) is 6.07 Å². The number of hydrogen-bond donors (Lipinski definition) is 3. The number of nitrogens with one attached hydrogen (secondary N) is 2. The minimum absolute atomic E-state index is 0.0358. The van der Waals surface area contributed by atoms with Gasteiger partial charge in [0.25, 0.3) is 5.69 Å². The summed E-state index contributed by atoms with van der Waals surface area (Å²) in [6, 6.07) is 13.0. The Morgan fingerprint density at radius 3 is 2.71 bits per heavy atom. The molecular formula is C15H11N3O3. The second-order valence-corrected chi connectivity index (χ2v) is 4.58. The van der Waals surface area contributed by atoms with Gasteiger partial charge in [0.2, 0.25) is 0 Å². The molecule has 0 bridgehead atoms. The molecule has 1 heterocycles. The third-order valence-electron chi connectivity index (χ3n) is 3.28. The largest absolute Gasteiger partial charge is 0.494 e. The van der Waals surface area contributed by atoms with Gasteiger partial charge in [0.15, 0.2) is 5.88 Å². The van der Waals surface area contributed by atoms with Crippen LogP contribution in [0.25, 0.3) is 10.9 Å². The Kier molecular flexibility index (Phi) is 2.91. The van der Waals surface area contributed by atoms with E-state index in [-0.39, 0.29) is 17.3 Å². The summed E-state index contributed by atoms with van der Waals surface area (Å²) in [7, 11) is 0. The number of non-ortho nitro benzene ring substituents is 1. The molecule has 0 aliphatic rings. The second-order valence-electron chi connectivity index (χ2n) is 4.58. The molecule has 0 saturated carbocycles. The monoisotopic (exact) mass is 281 g/mol. The Morgan fingerprint density at radius 2 is 1.95 bits per heavy atom. The first-order valence-corrected chi connectivity index (χ1v) is 6.21. The Balaban J connectivity index is 2.15. The molecule has 0 saturated heterocycles. The van der Waals surface area contributed by atoms with Gasteiger partial charge >= 0.3 is 0 Å². The average Bonchev–Trinajstić information content (AvgIpc) is 2.82. The molecule has 21 heavy (non-hydrogen) atoms. The number of hydrogen-bond acceptors (Lipinski definition) is 4. The summed E-state index contributed by atoms with van der Waals surface area (Å²) >= 11 is 0. The fraction of sp³-hybridized carbons (Fsp3) is 0. The van der Waals surface area contributed by atoms with E-state index in [1.54, 1.807) is 24.3 Å².